The lowest BCUT2D eigenvalue weighted by molar-refractivity contribution is -0.137. The number of benzene rings is 1. The summed E-state index contributed by atoms with van der Waals surface area (Å²) in [5.41, 5.74) is 4.55. The third-order valence-electron chi connectivity index (χ3n) is 3.34. The molecule has 1 aromatic carbocycles. The highest BCUT2D eigenvalue weighted by Crippen LogP contribution is 2.32. The molecule has 23 heavy (non-hydrogen) atoms. The molecule has 2 amide bonds. The number of carbonyl (C=O) groups is 2. The van der Waals surface area contributed by atoms with Gasteiger partial charge in [0.05, 0.1) is 5.56 Å². The quantitative estimate of drug-likeness (QED) is 0.858. The highest BCUT2D eigenvalue weighted by atomic mass is 35.5. The molecule has 1 aliphatic heterocycles. The van der Waals surface area contributed by atoms with Crippen molar-refractivity contribution in [2.75, 3.05) is 18.4 Å². The number of nitrogens with zero attached hydrogens (tertiary/aromatic N) is 1. The van der Waals surface area contributed by atoms with Crippen LogP contribution in [-0.4, -0.2) is 35.8 Å². The SMILES string of the molecule is CC(=O)Nc1cc(C(=O)N2CC[C@@H](N)C2)cc(C(F)(F)F)c1.Cl. The second kappa shape index (κ2) is 7.18. The Balaban J connectivity index is 0.00000264. The number of halogens is 4. The van der Waals surface area contributed by atoms with Gasteiger partial charge in [0.15, 0.2) is 0 Å². The zero-order valence-electron chi connectivity index (χ0n) is 12.3. The average Bonchev–Trinajstić information content (AvgIpc) is 2.82. The van der Waals surface area contributed by atoms with Gasteiger partial charge < -0.3 is 16.0 Å². The van der Waals surface area contributed by atoms with Gasteiger partial charge in [-0.2, -0.15) is 13.2 Å². The van der Waals surface area contributed by atoms with Crippen LogP contribution >= 0.6 is 12.4 Å². The molecule has 128 valence electrons. The second-order valence-electron chi connectivity index (χ2n) is 5.28. The molecule has 1 saturated heterocycles. The molecule has 0 saturated carbocycles. The number of hydrogen-bond donors (Lipinski definition) is 2. The fraction of sp³-hybridized carbons (Fsp3) is 0.429. The normalized spacial score (nSPS) is 17.6. The number of alkyl halides is 3. The molecule has 9 heteroatoms. The van der Waals surface area contributed by atoms with Crippen LogP contribution in [0, 0.1) is 0 Å². The average molecular weight is 352 g/mol. The maximum Gasteiger partial charge on any atom is 0.416 e. The van der Waals surface area contributed by atoms with Gasteiger partial charge in [0, 0.05) is 37.3 Å². The van der Waals surface area contributed by atoms with Gasteiger partial charge in [-0.25, -0.2) is 0 Å². The number of amides is 2. The van der Waals surface area contributed by atoms with Crippen LogP contribution in [0.1, 0.15) is 29.3 Å². The highest BCUT2D eigenvalue weighted by Gasteiger charge is 2.33. The maximum absolute atomic E-state index is 12.9. The number of rotatable bonds is 2. The minimum atomic E-state index is -4.61. The Morgan fingerprint density at radius 3 is 2.43 bits per heavy atom. The van der Waals surface area contributed by atoms with Crippen LogP contribution in [0.4, 0.5) is 18.9 Å². The number of anilines is 1. The van der Waals surface area contributed by atoms with Crippen molar-refractivity contribution in [1.82, 2.24) is 4.90 Å². The predicted molar refractivity (Wildman–Crippen MR) is 81.5 cm³/mol. The fourth-order valence-electron chi connectivity index (χ4n) is 2.34. The first kappa shape index (κ1) is 19.2. The highest BCUT2D eigenvalue weighted by molar-refractivity contribution is 5.97. The summed E-state index contributed by atoms with van der Waals surface area (Å²) in [5, 5.41) is 2.28. The van der Waals surface area contributed by atoms with E-state index in [0.29, 0.717) is 19.5 Å². The molecule has 0 aliphatic carbocycles. The molecule has 1 aliphatic rings. The van der Waals surface area contributed by atoms with E-state index in [1.165, 1.54) is 17.9 Å². The van der Waals surface area contributed by atoms with Crippen LogP contribution in [0.3, 0.4) is 0 Å². The van der Waals surface area contributed by atoms with Crippen LogP contribution in [0.5, 0.6) is 0 Å². The third-order valence-corrected chi connectivity index (χ3v) is 3.34. The van der Waals surface area contributed by atoms with E-state index in [9.17, 15) is 22.8 Å². The van der Waals surface area contributed by atoms with Gasteiger partial charge in [-0.05, 0) is 24.6 Å². The summed E-state index contributed by atoms with van der Waals surface area (Å²) < 4.78 is 38.8. The van der Waals surface area contributed by atoms with Crippen LogP contribution in [0.15, 0.2) is 18.2 Å². The lowest BCUT2D eigenvalue weighted by Gasteiger charge is -2.18. The van der Waals surface area contributed by atoms with Crippen molar-refractivity contribution < 1.29 is 22.8 Å². The lowest BCUT2D eigenvalue weighted by Crippen LogP contribution is -2.32. The summed E-state index contributed by atoms with van der Waals surface area (Å²) in [6, 6.07) is 2.67. The minimum absolute atomic E-state index is 0. The van der Waals surface area contributed by atoms with Crippen LogP contribution in [0.2, 0.25) is 0 Å². The summed E-state index contributed by atoms with van der Waals surface area (Å²) in [5.74, 6) is -1.04. The summed E-state index contributed by atoms with van der Waals surface area (Å²) in [6.07, 6.45) is -3.99. The van der Waals surface area contributed by atoms with Gasteiger partial charge in [0.25, 0.3) is 5.91 Å². The van der Waals surface area contributed by atoms with Crippen molar-refractivity contribution in [2.45, 2.75) is 25.6 Å². The van der Waals surface area contributed by atoms with Gasteiger partial charge >= 0.3 is 6.18 Å². The van der Waals surface area contributed by atoms with Gasteiger partial charge in [0.2, 0.25) is 5.91 Å². The molecule has 5 nitrogen and oxygen atoms in total. The Hall–Kier alpha value is -1.80. The van der Waals surface area contributed by atoms with Gasteiger partial charge in [-0.15, -0.1) is 12.4 Å². The molecule has 1 atom stereocenters. The van der Waals surface area contributed by atoms with E-state index in [-0.39, 0.29) is 29.7 Å². The molecule has 0 unspecified atom stereocenters. The van der Waals surface area contributed by atoms with Crippen molar-refractivity contribution >= 4 is 29.9 Å². The van der Waals surface area contributed by atoms with E-state index in [0.717, 1.165) is 12.1 Å². The lowest BCUT2D eigenvalue weighted by atomic mass is 10.1. The number of carbonyl (C=O) groups excluding carboxylic acids is 2. The first-order valence-electron chi connectivity index (χ1n) is 6.71. The molecule has 2 rings (SSSR count). The standard InChI is InChI=1S/C14H16F3N3O2.ClH/c1-8(21)19-12-5-9(4-10(6-12)14(15,16)17)13(22)20-3-2-11(18)7-20;/h4-6,11H,2-3,7,18H2,1H3,(H,19,21);1H/t11-;/m1./s1. The Morgan fingerprint density at radius 1 is 1.30 bits per heavy atom. The summed E-state index contributed by atoms with van der Waals surface area (Å²) in [4.78, 5) is 24.8. The second-order valence-corrected chi connectivity index (χ2v) is 5.28. The van der Waals surface area contributed by atoms with Crippen molar-refractivity contribution in [1.29, 1.82) is 0 Å². The van der Waals surface area contributed by atoms with E-state index in [4.69, 9.17) is 5.73 Å². The number of nitrogens with one attached hydrogen (secondary N) is 1. The Morgan fingerprint density at radius 2 is 1.96 bits per heavy atom. The Bertz CT molecular complexity index is 607. The van der Waals surface area contributed by atoms with E-state index in [1.807, 2.05) is 0 Å². The molecule has 1 heterocycles. The maximum atomic E-state index is 12.9. The first-order valence-corrected chi connectivity index (χ1v) is 6.71. The van der Waals surface area contributed by atoms with Crippen LogP contribution in [0.25, 0.3) is 0 Å². The molecule has 1 fully saturated rings. The minimum Gasteiger partial charge on any atom is -0.337 e. The van der Waals surface area contributed by atoms with Crippen molar-refractivity contribution in [3.8, 4) is 0 Å². The smallest absolute Gasteiger partial charge is 0.337 e. The largest absolute Gasteiger partial charge is 0.416 e. The molecule has 0 radical (unpaired) electrons. The van der Waals surface area contributed by atoms with Crippen molar-refractivity contribution in [2.24, 2.45) is 5.73 Å². The van der Waals surface area contributed by atoms with Crippen LogP contribution < -0.4 is 11.1 Å². The van der Waals surface area contributed by atoms with E-state index in [1.54, 1.807) is 0 Å². The monoisotopic (exact) mass is 351 g/mol. The number of hydrogen-bond acceptors (Lipinski definition) is 3. The van der Waals surface area contributed by atoms with Gasteiger partial charge in [-0.3, -0.25) is 9.59 Å². The molecule has 0 spiro atoms. The first-order chi connectivity index (χ1) is 10.2. The third kappa shape index (κ3) is 4.84. The Labute approximate surface area is 137 Å². The molecular formula is C14H17ClF3N3O2. The molecule has 1 aromatic rings. The zero-order chi connectivity index (χ0) is 16.5. The van der Waals surface area contributed by atoms with E-state index in [2.05, 4.69) is 5.32 Å². The molecule has 0 aromatic heterocycles. The summed E-state index contributed by atoms with van der Waals surface area (Å²) in [6.45, 7) is 1.90. The Kier molecular flexibility index (Phi) is 6.01. The van der Waals surface area contributed by atoms with E-state index >= 15 is 0 Å². The van der Waals surface area contributed by atoms with Gasteiger partial charge in [0.1, 0.15) is 0 Å². The number of likely N-dealkylation sites (tertiary alicyclic amines) is 1. The summed E-state index contributed by atoms with van der Waals surface area (Å²) in [7, 11) is 0. The fourth-order valence-corrected chi connectivity index (χ4v) is 2.34. The van der Waals surface area contributed by atoms with E-state index < -0.39 is 23.6 Å². The summed E-state index contributed by atoms with van der Waals surface area (Å²) >= 11 is 0. The van der Waals surface area contributed by atoms with Crippen LogP contribution in [-0.2, 0) is 11.0 Å². The van der Waals surface area contributed by atoms with Crippen molar-refractivity contribution in [3.05, 3.63) is 29.3 Å². The predicted octanol–water partition coefficient (Wildman–Crippen LogP) is 2.26. The topological polar surface area (TPSA) is 75.4 Å². The molecular weight excluding hydrogens is 335 g/mol. The number of nitrogens with two attached hydrogens (primary N) is 1. The zero-order valence-corrected chi connectivity index (χ0v) is 13.1. The van der Waals surface area contributed by atoms with Crippen molar-refractivity contribution in [3.63, 3.8) is 0 Å². The van der Waals surface area contributed by atoms with Gasteiger partial charge in [-0.1, -0.05) is 0 Å². The molecule has 3 N–H and O–H groups in total. The molecule has 0 bridgehead atoms.